The van der Waals surface area contributed by atoms with Crippen LogP contribution in [0.3, 0.4) is 0 Å². The summed E-state index contributed by atoms with van der Waals surface area (Å²) in [4.78, 5) is 6.78. The number of piperidine rings is 1. The summed E-state index contributed by atoms with van der Waals surface area (Å²) in [7, 11) is 1.81. The molecule has 2 heterocycles. The van der Waals surface area contributed by atoms with Crippen molar-refractivity contribution in [2.24, 2.45) is 13.0 Å². The van der Waals surface area contributed by atoms with E-state index in [0.717, 1.165) is 25.9 Å². The number of aromatic nitrogens is 2. The quantitative estimate of drug-likeness (QED) is 0.859. The molecule has 0 aliphatic carbocycles. The second-order valence-electron chi connectivity index (χ2n) is 7.37. The summed E-state index contributed by atoms with van der Waals surface area (Å²) in [6.45, 7) is 7.31. The van der Waals surface area contributed by atoms with Gasteiger partial charge in [-0.3, -0.25) is 4.57 Å². The van der Waals surface area contributed by atoms with Gasteiger partial charge in [-0.1, -0.05) is 12.1 Å². The van der Waals surface area contributed by atoms with Gasteiger partial charge in [0.25, 0.3) is 6.01 Å². The van der Waals surface area contributed by atoms with Gasteiger partial charge in [-0.05, 0) is 63.4 Å². The highest BCUT2D eigenvalue weighted by molar-refractivity contribution is 5.27. The minimum atomic E-state index is -0.935. The van der Waals surface area contributed by atoms with Crippen LogP contribution in [0.5, 0.6) is 6.01 Å². The zero-order valence-corrected chi connectivity index (χ0v) is 15.7. The summed E-state index contributed by atoms with van der Waals surface area (Å²) in [6.07, 6.45) is 2.91. The van der Waals surface area contributed by atoms with Crippen molar-refractivity contribution in [2.75, 3.05) is 19.7 Å². The maximum absolute atomic E-state index is 13.4. The molecule has 0 amide bonds. The van der Waals surface area contributed by atoms with Crippen LogP contribution >= 0.6 is 0 Å². The fourth-order valence-corrected chi connectivity index (χ4v) is 3.47. The second kappa shape index (κ2) is 8.18. The molecule has 1 atom stereocenters. The molecule has 0 saturated carbocycles. The number of halogens is 1. The molecule has 6 heteroatoms. The number of rotatable bonds is 6. The highest BCUT2D eigenvalue weighted by Crippen LogP contribution is 2.26. The van der Waals surface area contributed by atoms with E-state index in [1.54, 1.807) is 22.9 Å². The van der Waals surface area contributed by atoms with Gasteiger partial charge >= 0.3 is 0 Å². The predicted octanol–water partition coefficient (Wildman–Crippen LogP) is 3.14. The van der Waals surface area contributed by atoms with Gasteiger partial charge in [0, 0.05) is 13.1 Å². The van der Waals surface area contributed by atoms with E-state index in [1.807, 2.05) is 7.05 Å². The van der Waals surface area contributed by atoms with Gasteiger partial charge in [-0.25, -0.2) is 9.37 Å². The normalized spacial score (nSPS) is 17.6. The van der Waals surface area contributed by atoms with E-state index in [4.69, 9.17) is 4.74 Å². The van der Waals surface area contributed by atoms with E-state index < -0.39 is 6.10 Å². The molecule has 1 N–H and O–H groups in total. The Balaban J connectivity index is 1.59. The average molecular weight is 361 g/mol. The molecule has 2 aromatic rings. The molecule has 1 aliphatic rings. The second-order valence-corrected chi connectivity index (χ2v) is 7.37. The first-order chi connectivity index (χ1) is 12.5. The van der Waals surface area contributed by atoms with E-state index in [-0.39, 0.29) is 5.82 Å². The van der Waals surface area contributed by atoms with Crippen LogP contribution in [-0.4, -0.2) is 45.3 Å². The van der Waals surface area contributed by atoms with Crippen molar-refractivity contribution in [1.82, 2.24) is 14.5 Å². The Hall–Kier alpha value is -1.92. The van der Waals surface area contributed by atoms with Gasteiger partial charge in [-0.15, -0.1) is 0 Å². The molecular weight excluding hydrogens is 333 g/mol. The molecule has 0 spiro atoms. The van der Waals surface area contributed by atoms with Crippen LogP contribution < -0.4 is 4.74 Å². The molecule has 0 radical (unpaired) electrons. The molecule has 1 aromatic carbocycles. The van der Waals surface area contributed by atoms with Crippen LogP contribution in [0.1, 0.15) is 44.1 Å². The Kier molecular flexibility index (Phi) is 5.94. The molecule has 1 saturated heterocycles. The lowest BCUT2D eigenvalue weighted by Crippen LogP contribution is -2.39. The summed E-state index contributed by atoms with van der Waals surface area (Å²) in [6, 6.07) is 7.06. The predicted molar refractivity (Wildman–Crippen MR) is 98.6 cm³/mol. The molecule has 1 aromatic heterocycles. The van der Waals surface area contributed by atoms with Gasteiger partial charge in [0.2, 0.25) is 0 Å². The number of hydrogen-bond acceptors (Lipinski definition) is 4. The van der Waals surface area contributed by atoms with E-state index in [1.165, 1.54) is 12.1 Å². The van der Waals surface area contributed by atoms with Gasteiger partial charge in [0.15, 0.2) is 0 Å². The fourth-order valence-electron chi connectivity index (χ4n) is 3.47. The summed E-state index contributed by atoms with van der Waals surface area (Å²) >= 11 is 0. The molecule has 0 bridgehead atoms. The van der Waals surface area contributed by atoms with Crippen LogP contribution in [0.4, 0.5) is 4.39 Å². The Morgan fingerprint density at radius 3 is 2.69 bits per heavy atom. The number of nitrogens with zero attached hydrogens (tertiary/aromatic N) is 3. The van der Waals surface area contributed by atoms with Crippen LogP contribution in [0.15, 0.2) is 30.5 Å². The number of hydrogen-bond donors (Lipinski definition) is 1. The van der Waals surface area contributed by atoms with Crippen LogP contribution in [0.2, 0.25) is 0 Å². The molecule has 1 unspecified atom stereocenters. The van der Waals surface area contributed by atoms with Crippen molar-refractivity contribution in [2.45, 2.75) is 38.8 Å². The van der Waals surface area contributed by atoms with Crippen LogP contribution in [0.25, 0.3) is 0 Å². The largest absolute Gasteiger partial charge is 0.464 e. The Labute approximate surface area is 154 Å². The maximum Gasteiger partial charge on any atom is 0.296 e. The molecule has 1 aliphatic heterocycles. The van der Waals surface area contributed by atoms with E-state index in [2.05, 4.69) is 23.7 Å². The van der Waals surface area contributed by atoms with Crippen LogP contribution in [0, 0.1) is 11.7 Å². The van der Waals surface area contributed by atoms with Crippen molar-refractivity contribution in [3.05, 3.63) is 47.5 Å². The summed E-state index contributed by atoms with van der Waals surface area (Å²) < 4.78 is 21.0. The third-order valence-corrected chi connectivity index (χ3v) is 5.25. The van der Waals surface area contributed by atoms with E-state index >= 15 is 0 Å². The lowest BCUT2D eigenvalue weighted by Gasteiger charge is -2.34. The monoisotopic (exact) mass is 361 g/mol. The van der Waals surface area contributed by atoms with Crippen molar-refractivity contribution >= 4 is 0 Å². The number of imidazole rings is 1. The Morgan fingerprint density at radius 1 is 1.31 bits per heavy atom. The van der Waals surface area contributed by atoms with E-state index in [9.17, 15) is 9.50 Å². The third kappa shape index (κ3) is 4.24. The Bertz CT molecular complexity index is 724. The molecule has 26 heavy (non-hydrogen) atoms. The molecule has 1 fully saturated rings. The highest BCUT2D eigenvalue weighted by atomic mass is 19.1. The number of aliphatic hydroxyl groups is 1. The maximum atomic E-state index is 13.4. The van der Waals surface area contributed by atoms with E-state index in [0.29, 0.717) is 35.8 Å². The van der Waals surface area contributed by atoms with Crippen molar-refractivity contribution in [1.29, 1.82) is 0 Å². The molecule has 5 nitrogen and oxygen atoms in total. The number of aliphatic hydroxyl groups excluding tert-OH is 1. The smallest absolute Gasteiger partial charge is 0.296 e. The fraction of sp³-hybridized carbons (Fsp3) is 0.550. The topological polar surface area (TPSA) is 50.5 Å². The minimum Gasteiger partial charge on any atom is -0.464 e. The summed E-state index contributed by atoms with van der Waals surface area (Å²) in [5.41, 5.74) is 1.08. The molecule has 3 rings (SSSR count). The SMILES string of the molecule is CC(C)N1CCC(COc2ncc(C(O)c3cccc(F)c3)n2C)CC1. The lowest BCUT2D eigenvalue weighted by atomic mass is 9.97. The zero-order chi connectivity index (χ0) is 18.7. The zero-order valence-electron chi connectivity index (χ0n) is 15.7. The summed E-state index contributed by atoms with van der Waals surface area (Å²) in [5, 5.41) is 10.5. The van der Waals surface area contributed by atoms with Gasteiger partial charge in [0.1, 0.15) is 11.9 Å². The standard InChI is InChI=1S/C20H28FN3O2/c1-14(2)24-9-7-15(8-10-24)13-26-20-22-12-18(23(20)3)19(25)16-5-4-6-17(21)11-16/h4-6,11-12,14-15,19,25H,7-10,13H2,1-3H3. The highest BCUT2D eigenvalue weighted by Gasteiger charge is 2.23. The number of likely N-dealkylation sites (tertiary alicyclic amines) is 1. The minimum absolute atomic E-state index is 0.368. The van der Waals surface area contributed by atoms with Gasteiger partial charge in [-0.2, -0.15) is 0 Å². The average Bonchev–Trinajstić information content (AvgIpc) is 3.00. The van der Waals surface area contributed by atoms with Gasteiger partial charge < -0.3 is 14.7 Å². The van der Waals surface area contributed by atoms with Gasteiger partial charge in [0.05, 0.1) is 18.5 Å². The molecular formula is C20H28FN3O2. The first-order valence-electron chi connectivity index (χ1n) is 9.27. The van der Waals surface area contributed by atoms with Crippen molar-refractivity contribution < 1.29 is 14.2 Å². The number of benzene rings is 1. The summed E-state index contributed by atoms with van der Waals surface area (Å²) in [5.74, 6) is 0.159. The number of ether oxygens (including phenoxy) is 1. The first kappa shape index (κ1) is 18.9. The van der Waals surface area contributed by atoms with Crippen molar-refractivity contribution in [3.8, 4) is 6.01 Å². The van der Waals surface area contributed by atoms with Crippen molar-refractivity contribution in [3.63, 3.8) is 0 Å². The van der Waals surface area contributed by atoms with Crippen LogP contribution in [-0.2, 0) is 7.05 Å². The lowest BCUT2D eigenvalue weighted by molar-refractivity contribution is 0.114. The Morgan fingerprint density at radius 2 is 2.04 bits per heavy atom. The first-order valence-corrected chi connectivity index (χ1v) is 9.27. The third-order valence-electron chi connectivity index (χ3n) is 5.25. The molecule has 142 valence electrons.